The predicted molar refractivity (Wildman–Crippen MR) is 80.8 cm³/mol. The predicted octanol–water partition coefficient (Wildman–Crippen LogP) is 2.69. The molecule has 2 atom stereocenters. The molecule has 0 amide bonds. The van der Waals surface area contributed by atoms with Crippen molar-refractivity contribution < 1.29 is 14.6 Å². The van der Waals surface area contributed by atoms with Crippen molar-refractivity contribution in [3.05, 3.63) is 18.2 Å². The van der Waals surface area contributed by atoms with E-state index < -0.39 is 0 Å². The number of hydrogen-bond donors (Lipinski definition) is 1. The molecule has 1 aromatic rings. The molecule has 4 nitrogen and oxygen atoms in total. The van der Waals surface area contributed by atoms with Crippen LogP contribution in [0, 0.1) is 5.92 Å². The van der Waals surface area contributed by atoms with Crippen LogP contribution in [0.3, 0.4) is 0 Å². The van der Waals surface area contributed by atoms with Crippen LogP contribution < -0.4 is 14.4 Å². The largest absolute Gasteiger partial charge is 0.497 e. The summed E-state index contributed by atoms with van der Waals surface area (Å²) in [5.41, 5.74) is 1.10. The van der Waals surface area contributed by atoms with Gasteiger partial charge in [0.05, 0.1) is 26.0 Å². The minimum absolute atomic E-state index is 0.199. The molecule has 0 bridgehead atoms. The lowest BCUT2D eigenvalue weighted by Crippen LogP contribution is -2.20. The second-order valence-corrected chi connectivity index (χ2v) is 5.56. The average Bonchev–Trinajstić information content (AvgIpc) is 2.93. The summed E-state index contributed by atoms with van der Waals surface area (Å²) in [7, 11) is 3.38. The lowest BCUT2D eigenvalue weighted by atomic mass is 10.0. The van der Waals surface area contributed by atoms with Gasteiger partial charge in [-0.25, -0.2) is 0 Å². The fourth-order valence-electron chi connectivity index (χ4n) is 2.81. The lowest BCUT2D eigenvalue weighted by molar-refractivity contribution is 0.175. The molecule has 4 heteroatoms. The number of anilines is 1. The summed E-state index contributed by atoms with van der Waals surface area (Å²) in [6.07, 6.45) is 2.94. The lowest BCUT2D eigenvalue weighted by Gasteiger charge is -2.22. The summed E-state index contributed by atoms with van der Waals surface area (Å²) in [5, 5.41) is 9.40. The highest BCUT2D eigenvalue weighted by molar-refractivity contribution is 5.62. The Kier molecular flexibility index (Phi) is 5.12. The van der Waals surface area contributed by atoms with Gasteiger partial charge in [-0.1, -0.05) is 0 Å². The van der Waals surface area contributed by atoms with Crippen molar-refractivity contribution in [1.29, 1.82) is 0 Å². The van der Waals surface area contributed by atoms with E-state index in [1.807, 2.05) is 25.1 Å². The first-order valence-corrected chi connectivity index (χ1v) is 7.29. The molecule has 20 heavy (non-hydrogen) atoms. The Bertz CT molecular complexity index is 434. The van der Waals surface area contributed by atoms with Crippen LogP contribution in [0.1, 0.15) is 26.2 Å². The summed E-state index contributed by atoms with van der Waals surface area (Å²) in [6.45, 7) is 3.92. The van der Waals surface area contributed by atoms with Gasteiger partial charge in [0.2, 0.25) is 0 Å². The van der Waals surface area contributed by atoms with Gasteiger partial charge in [-0.2, -0.15) is 0 Å². The average molecular weight is 279 g/mol. The van der Waals surface area contributed by atoms with E-state index in [2.05, 4.69) is 4.90 Å². The van der Waals surface area contributed by atoms with E-state index in [-0.39, 0.29) is 6.10 Å². The summed E-state index contributed by atoms with van der Waals surface area (Å²) in [6, 6.07) is 5.91. The first-order valence-electron chi connectivity index (χ1n) is 7.29. The third kappa shape index (κ3) is 3.57. The Labute approximate surface area is 121 Å². The first kappa shape index (κ1) is 15.0. The molecule has 112 valence electrons. The number of aliphatic hydroxyl groups excluding tert-OH is 1. The number of ether oxygens (including phenoxy) is 2. The molecule has 0 aromatic heterocycles. The van der Waals surface area contributed by atoms with Gasteiger partial charge < -0.3 is 19.5 Å². The number of nitrogens with zero attached hydrogens (tertiary/aromatic N) is 1. The quantitative estimate of drug-likeness (QED) is 0.869. The molecular weight excluding hydrogens is 254 g/mol. The number of hydrogen-bond acceptors (Lipinski definition) is 4. The maximum atomic E-state index is 9.40. The van der Waals surface area contributed by atoms with E-state index in [1.165, 1.54) is 6.42 Å². The Morgan fingerprint density at radius 2 is 2.15 bits per heavy atom. The van der Waals surface area contributed by atoms with Crippen LogP contribution in [0.4, 0.5) is 5.69 Å². The highest BCUT2D eigenvalue weighted by Crippen LogP contribution is 2.36. The Balaban J connectivity index is 2.05. The van der Waals surface area contributed by atoms with Crippen molar-refractivity contribution >= 4 is 5.69 Å². The molecule has 1 heterocycles. The molecule has 2 rings (SSSR count). The minimum atomic E-state index is -0.199. The monoisotopic (exact) mass is 279 g/mol. The third-order valence-electron chi connectivity index (χ3n) is 4.01. The molecular formula is C16H25NO3. The topological polar surface area (TPSA) is 41.9 Å². The van der Waals surface area contributed by atoms with Crippen LogP contribution >= 0.6 is 0 Å². The molecule has 1 aliphatic heterocycles. The van der Waals surface area contributed by atoms with E-state index in [0.29, 0.717) is 5.92 Å². The smallest absolute Gasteiger partial charge is 0.142 e. The molecule has 2 unspecified atom stereocenters. The Morgan fingerprint density at radius 1 is 1.35 bits per heavy atom. The molecule has 1 aromatic carbocycles. The molecule has 1 aliphatic rings. The van der Waals surface area contributed by atoms with E-state index in [4.69, 9.17) is 9.47 Å². The van der Waals surface area contributed by atoms with Crippen LogP contribution in [-0.4, -0.2) is 38.5 Å². The second-order valence-electron chi connectivity index (χ2n) is 5.56. The van der Waals surface area contributed by atoms with Crippen molar-refractivity contribution in [2.45, 2.75) is 32.3 Å². The zero-order valence-corrected chi connectivity index (χ0v) is 12.6. The number of methoxy groups -OCH3 is 2. The van der Waals surface area contributed by atoms with Crippen LogP contribution in [0.25, 0.3) is 0 Å². The maximum Gasteiger partial charge on any atom is 0.142 e. The maximum absolute atomic E-state index is 9.40. The fourth-order valence-corrected chi connectivity index (χ4v) is 2.81. The van der Waals surface area contributed by atoms with E-state index in [1.54, 1.807) is 14.2 Å². The van der Waals surface area contributed by atoms with Crippen molar-refractivity contribution in [3.8, 4) is 11.5 Å². The van der Waals surface area contributed by atoms with Crippen molar-refractivity contribution in [3.63, 3.8) is 0 Å². The molecule has 1 fully saturated rings. The van der Waals surface area contributed by atoms with Gasteiger partial charge in [0.25, 0.3) is 0 Å². The minimum Gasteiger partial charge on any atom is -0.497 e. The van der Waals surface area contributed by atoms with Gasteiger partial charge in [0, 0.05) is 19.2 Å². The molecule has 0 spiro atoms. The normalized spacial score (nSPS) is 20.0. The fraction of sp³-hybridized carbons (Fsp3) is 0.625. The third-order valence-corrected chi connectivity index (χ3v) is 4.01. The summed E-state index contributed by atoms with van der Waals surface area (Å²) in [5.74, 6) is 2.40. The van der Waals surface area contributed by atoms with Gasteiger partial charge in [-0.3, -0.25) is 0 Å². The molecule has 0 aliphatic carbocycles. The van der Waals surface area contributed by atoms with Crippen LogP contribution in [0.2, 0.25) is 0 Å². The SMILES string of the molecule is COc1ccc(OC)c(N2CCC(CCC(C)O)C2)c1. The molecule has 0 saturated carbocycles. The van der Waals surface area contributed by atoms with Crippen molar-refractivity contribution in [2.24, 2.45) is 5.92 Å². The number of rotatable bonds is 6. The van der Waals surface area contributed by atoms with Crippen LogP contribution in [0.5, 0.6) is 11.5 Å². The van der Waals surface area contributed by atoms with Crippen molar-refractivity contribution in [2.75, 3.05) is 32.2 Å². The van der Waals surface area contributed by atoms with Crippen molar-refractivity contribution in [1.82, 2.24) is 0 Å². The number of aliphatic hydroxyl groups is 1. The Hall–Kier alpha value is -1.42. The zero-order chi connectivity index (χ0) is 14.5. The Morgan fingerprint density at radius 3 is 2.80 bits per heavy atom. The summed E-state index contributed by atoms with van der Waals surface area (Å²) < 4.78 is 10.8. The summed E-state index contributed by atoms with van der Waals surface area (Å²) >= 11 is 0. The zero-order valence-electron chi connectivity index (χ0n) is 12.6. The van der Waals surface area contributed by atoms with Gasteiger partial charge in [-0.15, -0.1) is 0 Å². The molecule has 1 N–H and O–H groups in total. The van der Waals surface area contributed by atoms with E-state index in [0.717, 1.165) is 43.1 Å². The van der Waals surface area contributed by atoms with Crippen LogP contribution in [0.15, 0.2) is 18.2 Å². The van der Waals surface area contributed by atoms with E-state index in [9.17, 15) is 5.11 Å². The summed E-state index contributed by atoms with van der Waals surface area (Å²) in [4.78, 5) is 2.36. The van der Waals surface area contributed by atoms with Crippen LogP contribution in [-0.2, 0) is 0 Å². The molecule has 1 saturated heterocycles. The van der Waals surface area contributed by atoms with Gasteiger partial charge in [0.15, 0.2) is 0 Å². The molecule has 0 radical (unpaired) electrons. The van der Waals surface area contributed by atoms with Gasteiger partial charge in [-0.05, 0) is 44.2 Å². The first-order chi connectivity index (χ1) is 9.63. The number of benzene rings is 1. The standard InChI is InChI=1S/C16H25NO3/c1-12(18)4-5-13-8-9-17(11-13)15-10-14(19-2)6-7-16(15)20-3/h6-7,10,12-13,18H,4-5,8-9,11H2,1-3H3. The van der Waals surface area contributed by atoms with Gasteiger partial charge in [0.1, 0.15) is 11.5 Å². The highest BCUT2D eigenvalue weighted by atomic mass is 16.5. The second kappa shape index (κ2) is 6.84. The van der Waals surface area contributed by atoms with Gasteiger partial charge >= 0.3 is 0 Å². The highest BCUT2D eigenvalue weighted by Gasteiger charge is 2.25. The van der Waals surface area contributed by atoms with E-state index >= 15 is 0 Å².